The van der Waals surface area contributed by atoms with E-state index in [2.05, 4.69) is 4.99 Å². The molecule has 0 spiro atoms. The standard InChI is InChI=1S/C25H42F3NO3Si/c1-4-30-33(31-5-2,32-6-3)21-15-13-11-9-7-8-10-12-14-20-29-22-23-16-18-24(19-17-23)25(26,27)28/h16-19,22H,4-15,20-21H2,1-3H3. The molecule has 0 fully saturated rings. The van der Waals surface area contributed by atoms with E-state index in [1.807, 2.05) is 20.8 Å². The maximum Gasteiger partial charge on any atom is 0.500 e. The second kappa shape index (κ2) is 17.2. The van der Waals surface area contributed by atoms with Crippen molar-refractivity contribution in [3.63, 3.8) is 0 Å². The van der Waals surface area contributed by atoms with Crippen LogP contribution in [0, 0.1) is 0 Å². The number of nitrogens with zero attached hydrogens (tertiary/aromatic N) is 1. The van der Waals surface area contributed by atoms with E-state index >= 15 is 0 Å². The fraction of sp³-hybridized carbons (Fsp3) is 0.720. The molecule has 0 aromatic heterocycles. The molecule has 1 aromatic carbocycles. The second-order valence-electron chi connectivity index (χ2n) is 8.07. The Balaban J connectivity index is 2.05. The first-order chi connectivity index (χ1) is 15.9. The zero-order chi connectivity index (χ0) is 24.4. The molecule has 190 valence electrons. The van der Waals surface area contributed by atoms with Gasteiger partial charge in [-0.25, -0.2) is 0 Å². The lowest BCUT2D eigenvalue weighted by molar-refractivity contribution is -0.137. The molecule has 0 atom stereocenters. The van der Waals surface area contributed by atoms with Gasteiger partial charge in [0.25, 0.3) is 0 Å². The van der Waals surface area contributed by atoms with Gasteiger partial charge in [-0.2, -0.15) is 13.2 Å². The van der Waals surface area contributed by atoms with Crippen molar-refractivity contribution in [2.75, 3.05) is 26.4 Å². The molecule has 0 heterocycles. The topological polar surface area (TPSA) is 40.0 Å². The molecule has 0 amide bonds. The van der Waals surface area contributed by atoms with Crippen molar-refractivity contribution >= 4 is 15.0 Å². The first-order valence-corrected chi connectivity index (χ1v) is 14.4. The summed E-state index contributed by atoms with van der Waals surface area (Å²) < 4.78 is 55.3. The van der Waals surface area contributed by atoms with Gasteiger partial charge in [-0.05, 0) is 51.3 Å². The molecule has 1 rings (SSSR count). The van der Waals surface area contributed by atoms with E-state index < -0.39 is 20.5 Å². The Labute approximate surface area is 199 Å². The van der Waals surface area contributed by atoms with E-state index in [9.17, 15) is 13.2 Å². The highest BCUT2D eigenvalue weighted by Gasteiger charge is 2.39. The van der Waals surface area contributed by atoms with Crippen LogP contribution in [-0.4, -0.2) is 41.4 Å². The minimum Gasteiger partial charge on any atom is -0.374 e. The van der Waals surface area contributed by atoms with Crippen LogP contribution in [0.1, 0.15) is 89.7 Å². The van der Waals surface area contributed by atoms with Crippen molar-refractivity contribution < 1.29 is 26.4 Å². The number of unbranched alkanes of at least 4 members (excludes halogenated alkanes) is 8. The number of alkyl halides is 3. The minimum absolute atomic E-state index is 0.629. The predicted molar refractivity (Wildman–Crippen MR) is 131 cm³/mol. The number of rotatable bonds is 19. The van der Waals surface area contributed by atoms with E-state index in [1.165, 1.54) is 50.7 Å². The van der Waals surface area contributed by atoms with Gasteiger partial charge in [0.2, 0.25) is 0 Å². The molecular weight excluding hydrogens is 447 g/mol. The van der Waals surface area contributed by atoms with Crippen LogP contribution in [0.2, 0.25) is 6.04 Å². The summed E-state index contributed by atoms with van der Waals surface area (Å²) in [5, 5.41) is 0. The highest BCUT2D eigenvalue weighted by molar-refractivity contribution is 6.60. The van der Waals surface area contributed by atoms with Gasteiger partial charge in [0.15, 0.2) is 0 Å². The molecule has 0 aliphatic carbocycles. The Bertz CT molecular complexity index is 622. The Morgan fingerprint density at radius 1 is 0.727 bits per heavy atom. The normalized spacial score (nSPS) is 12.7. The molecule has 0 bridgehead atoms. The maximum atomic E-state index is 12.6. The maximum absolute atomic E-state index is 12.6. The van der Waals surface area contributed by atoms with Crippen LogP contribution < -0.4 is 0 Å². The Morgan fingerprint density at radius 2 is 1.18 bits per heavy atom. The van der Waals surface area contributed by atoms with Crippen molar-refractivity contribution in [3.05, 3.63) is 35.4 Å². The third-order valence-electron chi connectivity index (χ3n) is 5.34. The van der Waals surface area contributed by atoms with Crippen LogP contribution in [0.5, 0.6) is 0 Å². The molecule has 4 nitrogen and oxygen atoms in total. The van der Waals surface area contributed by atoms with Gasteiger partial charge in [0.05, 0.1) is 5.56 Å². The molecule has 33 heavy (non-hydrogen) atoms. The molecule has 0 aliphatic heterocycles. The van der Waals surface area contributed by atoms with Crippen LogP contribution in [0.3, 0.4) is 0 Å². The summed E-state index contributed by atoms with van der Waals surface area (Å²) in [6, 6.07) is 6.00. The molecule has 0 N–H and O–H groups in total. The Morgan fingerprint density at radius 3 is 1.64 bits per heavy atom. The van der Waals surface area contributed by atoms with E-state index in [0.717, 1.165) is 37.4 Å². The molecule has 0 aliphatic rings. The van der Waals surface area contributed by atoms with Crippen molar-refractivity contribution in [1.82, 2.24) is 0 Å². The molecule has 8 heteroatoms. The fourth-order valence-electron chi connectivity index (χ4n) is 3.71. The summed E-state index contributed by atoms with van der Waals surface area (Å²) in [5.41, 5.74) is 0.0721. The van der Waals surface area contributed by atoms with Gasteiger partial charge >= 0.3 is 15.0 Å². The minimum atomic E-state index is -4.29. The largest absolute Gasteiger partial charge is 0.500 e. The van der Waals surface area contributed by atoms with Crippen molar-refractivity contribution in [3.8, 4) is 0 Å². The first-order valence-electron chi connectivity index (χ1n) is 12.5. The van der Waals surface area contributed by atoms with Crippen molar-refractivity contribution in [2.45, 2.75) is 90.8 Å². The van der Waals surface area contributed by atoms with Gasteiger partial charge in [0.1, 0.15) is 0 Å². The summed E-state index contributed by atoms with van der Waals surface area (Å²) in [6.07, 6.45) is 7.93. The van der Waals surface area contributed by atoms with Gasteiger partial charge in [-0.1, -0.05) is 57.1 Å². The zero-order valence-electron chi connectivity index (χ0n) is 20.6. The average molecular weight is 490 g/mol. The highest BCUT2D eigenvalue weighted by atomic mass is 28.4. The number of halogens is 3. The average Bonchev–Trinajstić information content (AvgIpc) is 2.77. The third-order valence-corrected chi connectivity index (χ3v) is 8.49. The lowest BCUT2D eigenvalue weighted by Crippen LogP contribution is -2.45. The highest BCUT2D eigenvalue weighted by Crippen LogP contribution is 2.28. The SMILES string of the molecule is CCO[Si](CCCCCCCCCCCN=Cc1ccc(C(F)(F)F)cc1)(OCC)OCC. The van der Waals surface area contributed by atoms with Crippen LogP contribution in [0.15, 0.2) is 29.3 Å². The third kappa shape index (κ3) is 13.3. The molecule has 0 saturated carbocycles. The van der Waals surface area contributed by atoms with Gasteiger partial charge < -0.3 is 13.3 Å². The lowest BCUT2D eigenvalue weighted by atomic mass is 10.1. The summed E-state index contributed by atoms with van der Waals surface area (Å²) in [7, 11) is -2.48. The smallest absolute Gasteiger partial charge is 0.374 e. The number of benzene rings is 1. The van der Waals surface area contributed by atoms with Gasteiger partial charge in [-0.15, -0.1) is 0 Å². The van der Waals surface area contributed by atoms with E-state index in [0.29, 0.717) is 31.9 Å². The van der Waals surface area contributed by atoms with Crippen LogP contribution in [0.4, 0.5) is 13.2 Å². The van der Waals surface area contributed by atoms with E-state index in [4.69, 9.17) is 13.3 Å². The molecular formula is C25H42F3NO3Si. The Hall–Kier alpha value is -1.22. The molecule has 0 unspecified atom stereocenters. The second-order valence-corrected chi connectivity index (χ2v) is 10.8. The molecule has 0 radical (unpaired) electrons. The van der Waals surface area contributed by atoms with Gasteiger partial charge in [0, 0.05) is 38.6 Å². The van der Waals surface area contributed by atoms with Crippen molar-refractivity contribution in [2.24, 2.45) is 4.99 Å². The fourth-order valence-corrected chi connectivity index (χ4v) is 6.40. The molecule has 1 aromatic rings. The monoisotopic (exact) mass is 489 g/mol. The van der Waals surface area contributed by atoms with Gasteiger partial charge in [-0.3, -0.25) is 4.99 Å². The number of hydrogen-bond donors (Lipinski definition) is 0. The summed E-state index contributed by atoms with van der Waals surface area (Å²) in [4.78, 5) is 4.33. The summed E-state index contributed by atoms with van der Waals surface area (Å²) in [5.74, 6) is 0. The zero-order valence-corrected chi connectivity index (χ0v) is 21.6. The number of aliphatic imine (C=N–C) groups is 1. The van der Waals surface area contributed by atoms with Crippen LogP contribution in [-0.2, 0) is 19.5 Å². The quantitative estimate of drug-likeness (QED) is 0.114. The summed E-state index contributed by atoms with van der Waals surface area (Å²) >= 11 is 0. The van der Waals surface area contributed by atoms with E-state index in [-0.39, 0.29) is 0 Å². The lowest BCUT2D eigenvalue weighted by Gasteiger charge is -2.28. The summed E-state index contributed by atoms with van der Waals surface area (Å²) in [6.45, 7) is 8.58. The van der Waals surface area contributed by atoms with Crippen molar-refractivity contribution in [1.29, 1.82) is 0 Å². The van der Waals surface area contributed by atoms with E-state index in [1.54, 1.807) is 6.21 Å². The van der Waals surface area contributed by atoms with Crippen LogP contribution in [0.25, 0.3) is 0 Å². The number of hydrogen-bond acceptors (Lipinski definition) is 4. The first kappa shape index (κ1) is 29.8. The Kier molecular flexibility index (Phi) is 15.6. The van der Waals surface area contributed by atoms with Crippen LogP contribution >= 0.6 is 0 Å². The predicted octanol–water partition coefficient (Wildman–Crippen LogP) is 7.68. The molecule has 0 saturated heterocycles.